The second kappa shape index (κ2) is 16.4. The van der Waals surface area contributed by atoms with Crippen LogP contribution in [0.25, 0.3) is 0 Å². The molecule has 1 aliphatic carbocycles. The molecule has 1 aliphatic rings. The quantitative estimate of drug-likeness (QED) is 0.0571. The van der Waals surface area contributed by atoms with Crippen molar-refractivity contribution in [3.8, 4) is 17.2 Å². The van der Waals surface area contributed by atoms with Crippen LogP contribution < -0.4 is 14.2 Å². The van der Waals surface area contributed by atoms with Crippen LogP contribution in [0.4, 0.5) is 0 Å². The number of carbonyl (C=O) groups excluding carboxylic acids is 4. The zero-order valence-electron chi connectivity index (χ0n) is 25.0. The maximum Gasteiger partial charge on any atom is 0.343 e. The summed E-state index contributed by atoms with van der Waals surface area (Å²) in [6.07, 6.45) is 5.91. The molecule has 0 atom stereocenters. The molecule has 0 unspecified atom stereocenters. The highest BCUT2D eigenvalue weighted by atomic mass is 16.7. The van der Waals surface area contributed by atoms with Crippen molar-refractivity contribution in [2.75, 3.05) is 13.6 Å². The Morgan fingerprint density at radius 1 is 0.717 bits per heavy atom. The Bertz CT molecular complexity index is 1570. The lowest BCUT2D eigenvalue weighted by molar-refractivity contribution is -0.145. The molecular weight excluding hydrogens is 594 g/mol. The van der Waals surface area contributed by atoms with Crippen LogP contribution in [0.2, 0.25) is 0 Å². The molecule has 11 heteroatoms. The maximum atomic E-state index is 12.8. The first-order chi connectivity index (χ1) is 22.3. The predicted octanol–water partition coefficient (Wildman–Crippen LogP) is 5.92. The van der Waals surface area contributed by atoms with E-state index in [2.05, 4.69) is 13.2 Å². The van der Waals surface area contributed by atoms with Crippen LogP contribution in [0.5, 0.6) is 17.2 Å². The van der Waals surface area contributed by atoms with E-state index in [-0.39, 0.29) is 36.9 Å². The topological polar surface area (TPSA) is 148 Å². The fourth-order valence-electron chi connectivity index (χ4n) is 4.72. The minimum absolute atomic E-state index is 0.198. The van der Waals surface area contributed by atoms with Crippen LogP contribution in [-0.2, 0) is 23.8 Å². The second-order valence-corrected chi connectivity index (χ2v) is 10.1. The maximum absolute atomic E-state index is 12.8. The Morgan fingerprint density at radius 2 is 1.24 bits per heavy atom. The van der Waals surface area contributed by atoms with Crippen molar-refractivity contribution < 1.29 is 47.6 Å². The highest BCUT2D eigenvalue weighted by Gasteiger charge is 2.26. The summed E-state index contributed by atoms with van der Waals surface area (Å²) in [6.45, 7) is 6.05. The van der Waals surface area contributed by atoms with Crippen molar-refractivity contribution in [3.05, 3.63) is 114 Å². The van der Waals surface area contributed by atoms with Crippen LogP contribution in [0.1, 0.15) is 63.4 Å². The van der Waals surface area contributed by atoms with Crippen molar-refractivity contribution in [1.82, 2.24) is 0 Å². The summed E-state index contributed by atoms with van der Waals surface area (Å²) in [7, 11) is 0. The van der Waals surface area contributed by atoms with Gasteiger partial charge in [-0.1, -0.05) is 19.2 Å². The van der Waals surface area contributed by atoms with Crippen LogP contribution >= 0.6 is 0 Å². The van der Waals surface area contributed by atoms with Gasteiger partial charge in [0, 0.05) is 23.9 Å². The molecule has 0 bridgehead atoms. The summed E-state index contributed by atoms with van der Waals surface area (Å²) in [4.78, 5) is 47.6. The van der Waals surface area contributed by atoms with Gasteiger partial charge in [-0.05, 0) is 97.8 Å². The van der Waals surface area contributed by atoms with Crippen molar-refractivity contribution in [2.24, 2.45) is 0 Å². The number of benzene rings is 3. The molecule has 1 fully saturated rings. The van der Waals surface area contributed by atoms with Crippen molar-refractivity contribution in [2.45, 2.75) is 37.7 Å². The Labute approximate surface area is 265 Å². The average Bonchev–Trinajstić information content (AvgIpc) is 3.09. The van der Waals surface area contributed by atoms with Gasteiger partial charge in [0.2, 0.25) is 13.6 Å². The van der Waals surface area contributed by atoms with E-state index in [0.717, 1.165) is 36.8 Å². The van der Waals surface area contributed by atoms with E-state index >= 15 is 0 Å². The Balaban J connectivity index is 1.25. The van der Waals surface area contributed by atoms with Gasteiger partial charge in [0.25, 0.3) is 0 Å². The van der Waals surface area contributed by atoms with Gasteiger partial charge >= 0.3 is 23.9 Å². The van der Waals surface area contributed by atoms with E-state index in [1.807, 2.05) is 12.1 Å². The molecule has 3 aromatic rings. The molecule has 11 nitrogen and oxygen atoms in total. The molecule has 4 rings (SSSR count). The molecule has 0 heterocycles. The molecule has 0 radical (unpaired) electrons. The zero-order valence-corrected chi connectivity index (χ0v) is 25.0. The molecule has 238 valence electrons. The van der Waals surface area contributed by atoms with Gasteiger partial charge in [-0.25, -0.2) is 19.2 Å². The third kappa shape index (κ3) is 9.39. The largest absolute Gasteiger partial charge is 0.459 e. The SMILES string of the molecule is C=CC(=O)OCOc1ccc(C(=O)Oc2ccc(C3CCC(OC(=O)c4ccc(OCOC(=O)C=C)cc4)CC3)cc2C=N)cc1. The first kappa shape index (κ1) is 33.2. The minimum atomic E-state index is -0.610. The Hall–Kier alpha value is -5.71. The van der Waals surface area contributed by atoms with Crippen LogP contribution in [-0.4, -0.2) is 49.8 Å². The van der Waals surface area contributed by atoms with Gasteiger partial charge in [0.1, 0.15) is 23.4 Å². The average molecular weight is 628 g/mol. The van der Waals surface area contributed by atoms with E-state index in [1.54, 1.807) is 42.5 Å². The van der Waals surface area contributed by atoms with Gasteiger partial charge in [-0.2, -0.15) is 0 Å². The van der Waals surface area contributed by atoms with E-state index in [0.29, 0.717) is 35.5 Å². The summed E-state index contributed by atoms with van der Waals surface area (Å²) in [5.41, 5.74) is 2.14. The lowest BCUT2D eigenvalue weighted by Gasteiger charge is -2.29. The number of hydrogen-bond acceptors (Lipinski definition) is 11. The number of hydrogen-bond donors (Lipinski definition) is 1. The van der Waals surface area contributed by atoms with Crippen LogP contribution in [0, 0.1) is 5.41 Å². The van der Waals surface area contributed by atoms with Crippen molar-refractivity contribution in [1.29, 1.82) is 5.41 Å². The molecule has 3 aromatic carbocycles. The number of nitrogens with one attached hydrogen (secondary N) is 1. The summed E-state index contributed by atoms with van der Waals surface area (Å²) >= 11 is 0. The number of rotatable bonds is 14. The second-order valence-electron chi connectivity index (χ2n) is 10.1. The molecular formula is C35H33NO10. The van der Waals surface area contributed by atoms with Crippen LogP contribution in [0.15, 0.2) is 92.0 Å². The lowest BCUT2D eigenvalue weighted by atomic mass is 9.82. The summed E-state index contributed by atoms with van der Waals surface area (Å²) in [5, 5.41) is 7.88. The van der Waals surface area contributed by atoms with Gasteiger partial charge in [-0.15, -0.1) is 0 Å². The smallest absolute Gasteiger partial charge is 0.343 e. The minimum Gasteiger partial charge on any atom is -0.459 e. The number of ether oxygens (including phenoxy) is 6. The van der Waals surface area contributed by atoms with Gasteiger partial charge < -0.3 is 33.8 Å². The lowest BCUT2D eigenvalue weighted by Crippen LogP contribution is -2.24. The summed E-state index contributed by atoms with van der Waals surface area (Å²) < 4.78 is 31.4. The zero-order chi connectivity index (χ0) is 32.9. The number of carbonyl (C=O) groups is 4. The Morgan fingerprint density at radius 3 is 1.74 bits per heavy atom. The molecule has 0 aromatic heterocycles. The molecule has 1 N–H and O–H groups in total. The van der Waals surface area contributed by atoms with Gasteiger partial charge in [0.15, 0.2) is 0 Å². The molecule has 0 aliphatic heterocycles. The third-order valence-electron chi connectivity index (χ3n) is 7.18. The van der Waals surface area contributed by atoms with Crippen molar-refractivity contribution in [3.63, 3.8) is 0 Å². The highest BCUT2D eigenvalue weighted by Crippen LogP contribution is 2.36. The third-order valence-corrected chi connectivity index (χ3v) is 7.18. The number of esters is 4. The van der Waals surface area contributed by atoms with Gasteiger partial charge in [0.05, 0.1) is 11.1 Å². The molecule has 0 saturated heterocycles. The molecule has 46 heavy (non-hydrogen) atoms. The van der Waals surface area contributed by atoms with Gasteiger partial charge in [-0.3, -0.25) is 0 Å². The first-order valence-electron chi connectivity index (χ1n) is 14.4. The normalized spacial score (nSPS) is 15.4. The van der Waals surface area contributed by atoms with Crippen LogP contribution in [0.3, 0.4) is 0 Å². The first-order valence-corrected chi connectivity index (χ1v) is 14.4. The molecule has 0 spiro atoms. The molecule has 0 amide bonds. The molecule has 1 saturated carbocycles. The van der Waals surface area contributed by atoms with Crippen molar-refractivity contribution >= 4 is 30.1 Å². The fraction of sp³-hybridized carbons (Fsp3) is 0.229. The standard InChI is InChI=1S/C35H33NO10/c1-3-32(37)43-21-41-28-12-7-24(8-13-28)34(39)45-30-16-5-23(6-17-30)26-11-18-31(27(19-26)20-36)46-35(40)25-9-14-29(15-10-25)42-22-44-33(38)4-2/h3-4,7-15,18-20,23,30,36H,1-2,5-6,16-17,21-22H2. The summed E-state index contributed by atoms with van der Waals surface area (Å²) in [5.74, 6) is -0.941. The van der Waals surface area contributed by atoms with E-state index in [9.17, 15) is 19.2 Å². The fourth-order valence-corrected chi connectivity index (χ4v) is 4.72. The predicted molar refractivity (Wildman–Crippen MR) is 166 cm³/mol. The highest BCUT2D eigenvalue weighted by molar-refractivity contribution is 5.93. The van der Waals surface area contributed by atoms with E-state index in [1.165, 1.54) is 12.1 Å². The van der Waals surface area contributed by atoms with E-state index < -0.39 is 23.9 Å². The summed E-state index contributed by atoms with van der Waals surface area (Å²) in [6, 6.07) is 17.9. The Kier molecular flexibility index (Phi) is 11.8. The monoisotopic (exact) mass is 627 g/mol. The van der Waals surface area contributed by atoms with E-state index in [4.69, 9.17) is 33.8 Å².